The smallest absolute Gasteiger partial charge is 0.222 e. The molecule has 5 heteroatoms. The molecule has 0 radical (unpaired) electrons. The van der Waals surface area contributed by atoms with Crippen LogP contribution in [-0.4, -0.2) is 16.3 Å². The first kappa shape index (κ1) is 16.9. The van der Waals surface area contributed by atoms with Gasteiger partial charge in [-0.2, -0.15) is 4.98 Å². The van der Waals surface area contributed by atoms with Crippen molar-refractivity contribution in [2.75, 3.05) is 11.5 Å². The molecule has 0 spiro atoms. The number of anilines is 2. The fourth-order valence-electron chi connectivity index (χ4n) is 4.68. The van der Waals surface area contributed by atoms with Crippen LogP contribution in [-0.2, 0) is 0 Å². The van der Waals surface area contributed by atoms with Gasteiger partial charge in [-0.05, 0) is 32.1 Å². The summed E-state index contributed by atoms with van der Waals surface area (Å²) >= 11 is 2.10. The Kier molecular flexibility index (Phi) is 4.73. The molecule has 2 aliphatic carbocycles. The number of terminal acetylenes is 1. The van der Waals surface area contributed by atoms with Crippen molar-refractivity contribution >= 4 is 23.3 Å². The van der Waals surface area contributed by atoms with Gasteiger partial charge in [0.05, 0.1) is 16.8 Å². The van der Waals surface area contributed by atoms with Crippen LogP contribution in [0, 0.1) is 18.3 Å². The standard InChI is InChI=1S/C20H27N3OS/c1-2-13-17(21)16-18(25-12-8-4-3-5-9-12)14-10-6-7-11-15(14)24-20(16)23-19(13)22/h1,12,14-15,18H,3-11H2,(H4,21,22,23)/t14-,15?,18?/m0/s1. The third-order valence-electron chi connectivity index (χ3n) is 5.99. The van der Waals surface area contributed by atoms with Crippen LogP contribution in [0.15, 0.2) is 0 Å². The fourth-order valence-corrected chi connectivity index (χ4v) is 6.58. The Morgan fingerprint density at radius 3 is 2.52 bits per heavy atom. The lowest BCUT2D eigenvalue weighted by Crippen LogP contribution is -2.39. The van der Waals surface area contributed by atoms with E-state index < -0.39 is 0 Å². The maximum absolute atomic E-state index is 6.48. The van der Waals surface area contributed by atoms with Crippen molar-refractivity contribution in [1.29, 1.82) is 0 Å². The normalized spacial score (nSPS) is 29.2. The maximum Gasteiger partial charge on any atom is 0.222 e. The predicted molar refractivity (Wildman–Crippen MR) is 105 cm³/mol. The molecule has 2 saturated carbocycles. The molecule has 3 aliphatic rings. The van der Waals surface area contributed by atoms with E-state index in [1.54, 1.807) is 0 Å². The number of fused-ring (bicyclic) bond motifs is 2. The molecule has 25 heavy (non-hydrogen) atoms. The summed E-state index contributed by atoms with van der Waals surface area (Å²) in [6.45, 7) is 0. The Bertz CT molecular complexity index is 693. The Morgan fingerprint density at radius 1 is 1.04 bits per heavy atom. The molecule has 4 N–H and O–H groups in total. The minimum atomic E-state index is 0.241. The molecular formula is C20H27N3OS. The monoisotopic (exact) mass is 357 g/mol. The molecule has 1 aromatic rings. The van der Waals surface area contributed by atoms with Gasteiger partial charge in [-0.15, -0.1) is 18.2 Å². The second kappa shape index (κ2) is 6.99. The van der Waals surface area contributed by atoms with Gasteiger partial charge in [0.25, 0.3) is 0 Å². The highest BCUT2D eigenvalue weighted by atomic mass is 32.2. The topological polar surface area (TPSA) is 74.2 Å². The van der Waals surface area contributed by atoms with Crippen LogP contribution in [0.1, 0.15) is 74.2 Å². The second-order valence-corrected chi connectivity index (χ2v) is 9.02. The molecule has 4 nitrogen and oxygen atoms in total. The van der Waals surface area contributed by atoms with E-state index in [1.807, 2.05) is 0 Å². The van der Waals surface area contributed by atoms with Gasteiger partial charge in [0.15, 0.2) is 0 Å². The molecule has 1 aliphatic heterocycles. The summed E-state index contributed by atoms with van der Waals surface area (Å²) in [5, 5.41) is 1.04. The van der Waals surface area contributed by atoms with Crippen LogP contribution >= 0.6 is 11.8 Å². The van der Waals surface area contributed by atoms with E-state index in [0.29, 0.717) is 39.4 Å². The van der Waals surface area contributed by atoms with Gasteiger partial charge < -0.3 is 16.2 Å². The first-order chi connectivity index (χ1) is 12.2. The molecule has 3 atom stereocenters. The van der Waals surface area contributed by atoms with Gasteiger partial charge in [0.1, 0.15) is 11.9 Å². The van der Waals surface area contributed by atoms with E-state index in [0.717, 1.165) is 12.0 Å². The second-order valence-electron chi connectivity index (χ2n) is 7.57. The van der Waals surface area contributed by atoms with Crippen molar-refractivity contribution < 1.29 is 4.74 Å². The zero-order valence-electron chi connectivity index (χ0n) is 14.7. The number of hydrogen-bond donors (Lipinski definition) is 2. The highest BCUT2D eigenvalue weighted by Crippen LogP contribution is 2.55. The third kappa shape index (κ3) is 3.06. The van der Waals surface area contributed by atoms with Crippen LogP contribution in [0.2, 0.25) is 0 Å². The third-order valence-corrected chi connectivity index (χ3v) is 7.73. The lowest BCUT2D eigenvalue weighted by molar-refractivity contribution is 0.0684. The highest BCUT2D eigenvalue weighted by molar-refractivity contribution is 8.00. The molecule has 0 bridgehead atoms. The van der Waals surface area contributed by atoms with Crippen molar-refractivity contribution in [1.82, 2.24) is 4.98 Å². The number of nitrogens with zero attached hydrogens (tertiary/aromatic N) is 1. The Morgan fingerprint density at radius 2 is 1.76 bits per heavy atom. The number of thioether (sulfide) groups is 1. The summed E-state index contributed by atoms with van der Waals surface area (Å²) in [7, 11) is 0. The molecule has 4 rings (SSSR count). The molecule has 0 saturated heterocycles. The first-order valence-electron chi connectivity index (χ1n) is 9.56. The first-order valence-corrected chi connectivity index (χ1v) is 10.5. The van der Waals surface area contributed by atoms with Crippen molar-refractivity contribution in [3.05, 3.63) is 11.1 Å². The summed E-state index contributed by atoms with van der Waals surface area (Å²) in [5.41, 5.74) is 14.7. The molecular weight excluding hydrogens is 330 g/mol. The molecule has 134 valence electrons. The van der Waals surface area contributed by atoms with Gasteiger partial charge >= 0.3 is 0 Å². The average molecular weight is 358 g/mol. The fraction of sp³-hybridized carbons (Fsp3) is 0.650. The minimum absolute atomic E-state index is 0.241. The van der Waals surface area contributed by atoms with Crippen LogP contribution in [0.25, 0.3) is 0 Å². The number of nitrogen functional groups attached to an aromatic ring is 2. The Labute approximate surface area is 154 Å². The lowest BCUT2D eigenvalue weighted by Gasteiger charge is -2.43. The van der Waals surface area contributed by atoms with Crippen molar-refractivity contribution in [3.8, 4) is 18.2 Å². The van der Waals surface area contributed by atoms with Crippen LogP contribution in [0.5, 0.6) is 5.88 Å². The number of aromatic nitrogens is 1. The van der Waals surface area contributed by atoms with Crippen molar-refractivity contribution in [2.24, 2.45) is 5.92 Å². The number of ether oxygens (including phenoxy) is 1. The number of hydrogen-bond acceptors (Lipinski definition) is 5. The van der Waals surface area contributed by atoms with Crippen LogP contribution in [0.4, 0.5) is 11.5 Å². The molecule has 2 heterocycles. The number of pyridine rings is 1. The van der Waals surface area contributed by atoms with E-state index in [-0.39, 0.29) is 6.10 Å². The number of rotatable bonds is 2. The van der Waals surface area contributed by atoms with Crippen molar-refractivity contribution in [2.45, 2.75) is 74.4 Å². The molecule has 1 aromatic heterocycles. The van der Waals surface area contributed by atoms with Crippen molar-refractivity contribution in [3.63, 3.8) is 0 Å². The van der Waals surface area contributed by atoms with Gasteiger partial charge in [0, 0.05) is 16.4 Å². The summed E-state index contributed by atoms with van der Waals surface area (Å²) in [4.78, 5) is 4.50. The van der Waals surface area contributed by atoms with Gasteiger partial charge in [0.2, 0.25) is 5.88 Å². The van der Waals surface area contributed by atoms with Crippen LogP contribution in [0.3, 0.4) is 0 Å². The zero-order chi connectivity index (χ0) is 17.4. The average Bonchev–Trinajstić information content (AvgIpc) is 2.62. The Balaban J connectivity index is 1.75. The van der Waals surface area contributed by atoms with E-state index in [2.05, 4.69) is 22.7 Å². The summed E-state index contributed by atoms with van der Waals surface area (Å²) in [6.07, 6.45) is 17.3. The predicted octanol–water partition coefficient (Wildman–Crippen LogP) is 4.29. The largest absolute Gasteiger partial charge is 0.474 e. The van der Waals surface area contributed by atoms with Gasteiger partial charge in [-0.1, -0.05) is 31.6 Å². The molecule has 0 aromatic carbocycles. The van der Waals surface area contributed by atoms with Gasteiger partial charge in [-0.25, -0.2) is 0 Å². The summed E-state index contributed by atoms with van der Waals surface area (Å²) in [5.74, 6) is 4.08. The van der Waals surface area contributed by atoms with E-state index in [1.165, 1.54) is 51.4 Å². The lowest BCUT2D eigenvalue weighted by atomic mass is 9.80. The minimum Gasteiger partial charge on any atom is -0.474 e. The van der Waals surface area contributed by atoms with E-state index in [4.69, 9.17) is 22.6 Å². The van der Waals surface area contributed by atoms with E-state index >= 15 is 0 Å². The zero-order valence-corrected chi connectivity index (χ0v) is 15.5. The van der Waals surface area contributed by atoms with E-state index in [9.17, 15) is 0 Å². The number of nitrogens with two attached hydrogens (primary N) is 2. The molecule has 2 unspecified atom stereocenters. The quantitative estimate of drug-likeness (QED) is 0.773. The summed E-state index contributed by atoms with van der Waals surface area (Å²) in [6, 6.07) is 0. The molecule has 2 fully saturated rings. The Hall–Kier alpha value is -1.54. The molecule has 0 amide bonds. The maximum atomic E-state index is 6.48. The van der Waals surface area contributed by atoms with Gasteiger partial charge in [-0.3, -0.25) is 0 Å². The summed E-state index contributed by atoms with van der Waals surface area (Å²) < 4.78 is 6.26. The highest BCUT2D eigenvalue weighted by Gasteiger charge is 2.43. The SMILES string of the molecule is C#Cc1c(N)nc2c(c1N)C(SC1CCCCC1)[C@H]1CCCCC1O2. The van der Waals surface area contributed by atoms with Crippen LogP contribution < -0.4 is 16.2 Å².